The van der Waals surface area contributed by atoms with Gasteiger partial charge in [-0.25, -0.2) is 9.97 Å². The van der Waals surface area contributed by atoms with Crippen molar-refractivity contribution >= 4 is 5.95 Å². The summed E-state index contributed by atoms with van der Waals surface area (Å²) >= 11 is 0. The normalized spacial score (nSPS) is 21.8. The summed E-state index contributed by atoms with van der Waals surface area (Å²) in [6.07, 6.45) is 8.20. The second-order valence-electron chi connectivity index (χ2n) is 9.07. The van der Waals surface area contributed by atoms with Crippen LogP contribution in [0, 0.1) is 5.41 Å². The summed E-state index contributed by atoms with van der Waals surface area (Å²) in [7, 11) is 0. The first-order valence-corrected chi connectivity index (χ1v) is 10.4. The van der Waals surface area contributed by atoms with E-state index in [4.69, 9.17) is 14.7 Å². The quantitative estimate of drug-likeness (QED) is 0.855. The van der Waals surface area contributed by atoms with E-state index in [1.165, 1.54) is 16.8 Å². The molecule has 1 saturated heterocycles. The van der Waals surface area contributed by atoms with Crippen LogP contribution in [0.3, 0.4) is 0 Å². The van der Waals surface area contributed by atoms with Crippen LogP contribution >= 0.6 is 0 Å². The minimum absolute atomic E-state index is 0.212. The topological polar surface area (TPSA) is 68.1 Å². The van der Waals surface area contributed by atoms with Crippen molar-refractivity contribution in [3.05, 3.63) is 35.4 Å². The van der Waals surface area contributed by atoms with E-state index >= 15 is 0 Å². The lowest BCUT2D eigenvalue weighted by Gasteiger charge is -2.37. The third kappa shape index (κ3) is 4.20. The van der Waals surface area contributed by atoms with Gasteiger partial charge in [0.2, 0.25) is 5.95 Å². The summed E-state index contributed by atoms with van der Waals surface area (Å²) in [6.45, 7) is 13.0. The molecule has 3 heterocycles. The molecule has 7 nitrogen and oxygen atoms in total. The van der Waals surface area contributed by atoms with E-state index in [1.807, 2.05) is 17.1 Å². The van der Waals surface area contributed by atoms with Gasteiger partial charge in [-0.3, -0.25) is 4.68 Å². The molecule has 2 aromatic rings. The Labute approximate surface area is 167 Å². The lowest BCUT2D eigenvalue weighted by molar-refractivity contribution is 0.122. The van der Waals surface area contributed by atoms with Gasteiger partial charge in [-0.15, -0.1) is 0 Å². The van der Waals surface area contributed by atoms with Crippen LogP contribution < -0.4 is 10.2 Å². The van der Waals surface area contributed by atoms with E-state index in [0.717, 1.165) is 51.6 Å². The predicted molar refractivity (Wildman–Crippen MR) is 109 cm³/mol. The second kappa shape index (κ2) is 7.79. The second-order valence-corrected chi connectivity index (χ2v) is 9.07. The Kier molecular flexibility index (Phi) is 5.38. The molecular weight excluding hydrogens is 352 g/mol. The third-order valence-corrected chi connectivity index (χ3v) is 5.70. The molecule has 0 amide bonds. The van der Waals surface area contributed by atoms with E-state index in [-0.39, 0.29) is 11.5 Å². The molecule has 2 aliphatic rings. The summed E-state index contributed by atoms with van der Waals surface area (Å²) in [6, 6.07) is 0.648. The molecular formula is C21H32N6O. The SMILES string of the molecule is CC(C)n1cc(CNC2CC(C)(C)Cc3nc(N4CCOCC4)ncc32)cn1. The predicted octanol–water partition coefficient (Wildman–Crippen LogP) is 2.89. The van der Waals surface area contributed by atoms with Gasteiger partial charge in [0, 0.05) is 55.2 Å². The molecule has 4 rings (SSSR count). The van der Waals surface area contributed by atoms with Gasteiger partial charge in [0.05, 0.1) is 25.1 Å². The van der Waals surface area contributed by atoms with Crippen LogP contribution in [0.15, 0.2) is 18.6 Å². The Hall–Kier alpha value is -1.99. The van der Waals surface area contributed by atoms with Crippen molar-refractivity contribution < 1.29 is 4.74 Å². The highest BCUT2D eigenvalue weighted by Gasteiger charge is 2.34. The summed E-state index contributed by atoms with van der Waals surface area (Å²) in [4.78, 5) is 11.9. The molecule has 0 spiro atoms. The summed E-state index contributed by atoms with van der Waals surface area (Å²) in [5.41, 5.74) is 3.85. The average molecular weight is 385 g/mol. The van der Waals surface area contributed by atoms with Crippen molar-refractivity contribution in [2.45, 2.75) is 59.2 Å². The number of hydrogen-bond donors (Lipinski definition) is 1. The zero-order chi connectivity index (χ0) is 19.7. The number of hydrogen-bond acceptors (Lipinski definition) is 6. The van der Waals surface area contributed by atoms with Crippen LogP contribution in [-0.4, -0.2) is 46.1 Å². The largest absolute Gasteiger partial charge is 0.378 e. The zero-order valence-electron chi connectivity index (χ0n) is 17.5. The Morgan fingerprint density at radius 3 is 2.75 bits per heavy atom. The molecule has 152 valence electrons. The van der Waals surface area contributed by atoms with Gasteiger partial charge in [-0.1, -0.05) is 13.8 Å². The number of rotatable bonds is 5. The first-order valence-electron chi connectivity index (χ1n) is 10.4. The fraction of sp³-hybridized carbons (Fsp3) is 0.667. The van der Waals surface area contributed by atoms with Crippen LogP contribution in [0.1, 0.15) is 63.0 Å². The van der Waals surface area contributed by atoms with Crippen LogP contribution in [0.4, 0.5) is 5.95 Å². The zero-order valence-corrected chi connectivity index (χ0v) is 17.5. The van der Waals surface area contributed by atoms with Gasteiger partial charge in [0.15, 0.2) is 0 Å². The number of nitrogens with one attached hydrogen (secondary N) is 1. The number of fused-ring (bicyclic) bond motifs is 1. The highest BCUT2D eigenvalue weighted by atomic mass is 16.5. The Balaban J connectivity index is 1.52. The highest BCUT2D eigenvalue weighted by Crippen LogP contribution is 2.40. The standard InChI is InChI=1S/C21H32N6O/c1-15(2)27-14-16(12-24-27)11-22-18-9-21(3,4)10-19-17(18)13-23-20(25-19)26-5-7-28-8-6-26/h12-15,18,22H,5-11H2,1-4H3. The Morgan fingerprint density at radius 2 is 2.04 bits per heavy atom. The molecule has 0 aromatic carbocycles. The fourth-order valence-corrected chi connectivity index (χ4v) is 4.13. The van der Waals surface area contributed by atoms with Crippen LogP contribution in [-0.2, 0) is 17.7 Å². The van der Waals surface area contributed by atoms with Crippen LogP contribution in [0.2, 0.25) is 0 Å². The van der Waals surface area contributed by atoms with E-state index in [9.17, 15) is 0 Å². The summed E-state index contributed by atoms with van der Waals surface area (Å²) < 4.78 is 7.47. The molecule has 1 N–H and O–H groups in total. The highest BCUT2D eigenvalue weighted by molar-refractivity contribution is 5.36. The maximum atomic E-state index is 5.46. The maximum absolute atomic E-state index is 5.46. The monoisotopic (exact) mass is 384 g/mol. The minimum atomic E-state index is 0.212. The minimum Gasteiger partial charge on any atom is -0.378 e. The lowest BCUT2D eigenvalue weighted by atomic mass is 9.74. The molecule has 1 atom stereocenters. The van der Waals surface area contributed by atoms with Gasteiger partial charge in [0.1, 0.15) is 0 Å². The van der Waals surface area contributed by atoms with Crippen molar-refractivity contribution in [2.75, 3.05) is 31.2 Å². The number of ether oxygens (including phenoxy) is 1. The van der Waals surface area contributed by atoms with Crippen LogP contribution in [0.25, 0.3) is 0 Å². The van der Waals surface area contributed by atoms with Gasteiger partial charge in [0.25, 0.3) is 0 Å². The molecule has 1 fully saturated rings. The Bertz CT molecular complexity index is 809. The van der Waals surface area contributed by atoms with E-state index in [0.29, 0.717) is 6.04 Å². The number of anilines is 1. The first kappa shape index (κ1) is 19.3. The van der Waals surface area contributed by atoms with Gasteiger partial charge in [-0.2, -0.15) is 5.10 Å². The molecule has 7 heteroatoms. The molecule has 1 unspecified atom stereocenters. The summed E-state index contributed by atoms with van der Waals surface area (Å²) in [5.74, 6) is 0.844. The van der Waals surface area contributed by atoms with E-state index in [2.05, 4.69) is 49.2 Å². The molecule has 28 heavy (non-hydrogen) atoms. The summed E-state index contributed by atoms with van der Waals surface area (Å²) in [5, 5.41) is 8.19. The molecule has 0 saturated carbocycles. The van der Waals surface area contributed by atoms with Crippen molar-refractivity contribution in [3.8, 4) is 0 Å². The van der Waals surface area contributed by atoms with Crippen LogP contribution in [0.5, 0.6) is 0 Å². The van der Waals surface area contributed by atoms with Crippen molar-refractivity contribution in [1.29, 1.82) is 0 Å². The average Bonchev–Trinajstić information content (AvgIpc) is 3.15. The number of nitrogens with zero attached hydrogens (tertiary/aromatic N) is 5. The van der Waals surface area contributed by atoms with Crippen molar-refractivity contribution in [1.82, 2.24) is 25.1 Å². The molecule has 0 bridgehead atoms. The first-order chi connectivity index (χ1) is 13.4. The smallest absolute Gasteiger partial charge is 0.225 e. The van der Waals surface area contributed by atoms with Crippen molar-refractivity contribution in [3.63, 3.8) is 0 Å². The molecule has 0 radical (unpaired) electrons. The van der Waals surface area contributed by atoms with Gasteiger partial charge < -0.3 is 15.0 Å². The third-order valence-electron chi connectivity index (χ3n) is 5.70. The maximum Gasteiger partial charge on any atom is 0.225 e. The van der Waals surface area contributed by atoms with E-state index in [1.54, 1.807) is 0 Å². The van der Waals surface area contributed by atoms with Crippen molar-refractivity contribution in [2.24, 2.45) is 5.41 Å². The lowest BCUT2D eigenvalue weighted by Crippen LogP contribution is -2.39. The molecule has 2 aromatic heterocycles. The molecule has 1 aliphatic heterocycles. The number of morpholine rings is 1. The number of aromatic nitrogens is 4. The fourth-order valence-electron chi connectivity index (χ4n) is 4.13. The molecule has 1 aliphatic carbocycles. The van der Waals surface area contributed by atoms with Gasteiger partial charge in [-0.05, 0) is 32.1 Å². The van der Waals surface area contributed by atoms with Gasteiger partial charge >= 0.3 is 0 Å². The van der Waals surface area contributed by atoms with E-state index < -0.39 is 0 Å². The Morgan fingerprint density at radius 1 is 1.25 bits per heavy atom.